The minimum Gasteiger partial charge on any atom is -0.480 e. The third kappa shape index (κ3) is 5.34. The van der Waals surface area contributed by atoms with Gasteiger partial charge in [0.15, 0.2) is 0 Å². The quantitative estimate of drug-likeness (QED) is 0.609. The smallest absolute Gasteiger partial charge is 0.323 e. The van der Waals surface area contributed by atoms with Gasteiger partial charge in [-0.1, -0.05) is 26.7 Å². The van der Waals surface area contributed by atoms with Gasteiger partial charge in [-0.2, -0.15) is 0 Å². The van der Waals surface area contributed by atoms with E-state index in [1.165, 1.54) is 4.90 Å². The summed E-state index contributed by atoms with van der Waals surface area (Å²) in [5.41, 5.74) is 5.69. The van der Waals surface area contributed by atoms with Gasteiger partial charge in [-0.15, -0.1) is 0 Å². The number of carboxylic acids is 1. The Morgan fingerprint density at radius 3 is 2.33 bits per heavy atom. The van der Waals surface area contributed by atoms with E-state index in [0.717, 1.165) is 25.7 Å². The van der Waals surface area contributed by atoms with E-state index in [0.29, 0.717) is 0 Å². The normalized spacial score (nSPS) is 16.8. The molecule has 0 aliphatic heterocycles. The Labute approximate surface area is 124 Å². The molecule has 4 N–H and O–H groups in total. The number of aliphatic carboxylic acids is 1. The predicted octanol–water partition coefficient (Wildman–Crippen LogP) is -0.0583. The lowest BCUT2D eigenvalue weighted by Gasteiger charge is -2.27. The molecule has 0 radical (unpaired) electrons. The maximum absolute atomic E-state index is 12.2. The average molecular weight is 299 g/mol. The average Bonchev–Trinajstić information content (AvgIpc) is 2.94. The second kappa shape index (κ2) is 7.97. The van der Waals surface area contributed by atoms with Crippen molar-refractivity contribution in [2.75, 3.05) is 13.1 Å². The Bertz CT molecular complexity index is 392. The lowest BCUT2D eigenvalue weighted by atomic mass is 10.1. The highest BCUT2D eigenvalue weighted by molar-refractivity contribution is 5.88. The number of nitrogens with one attached hydrogen (secondary N) is 1. The molecule has 0 aromatic carbocycles. The molecule has 0 heterocycles. The van der Waals surface area contributed by atoms with Crippen LogP contribution in [0.1, 0.15) is 39.5 Å². The Morgan fingerprint density at radius 1 is 1.29 bits per heavy atom. The van der Waals surface area contributed by atoms with Crippen LogP contribution in [0, 0.1) is 5.92 Å². The number of hydrogen-bond acceptors (Lipinski definition) is 4. The molecule has 0 bridgehead atoms. The van der Waals surface area contributed by atoms with Crippen LogP contribution < -0.4 is 11.1 Å². The minimum atomic E-state index is -1.04. The van der Waals surface area contributed by atoms with Gasteiger partial charge in [-0.25, -0.2) is 0 Å². The van der Waals surface area contributed by atoms with Crippen LogP contribution in [0.4, 0.5) is 0 Å². The third-order valence-electron chi connectivity index (χ3n) is 3.83. The van der Waals surface area contributed by atoms with E-state index in [1.54, 1.807) is 0 Å². The van der Waals surface area contributed by atoms with Crippen LogP contribution in [-0.4, -0.2) is 53.0 Å². The van der Waals surface area contributed by atoms with Gasteiger partial charge in [0.25, 0.3) is 0 Å². The lowest BCUT2D eigenvalue weighted by molar-refractivity contribution is -0.146. The molecule has 7 heteroatoms. The molecule has 2 amide bonds. The first-order chi connectivity index (χ1) is 9.82. The van der Waals surface area contributed by atoms with Crippen molar-refractivity contribution in [2.24, 2.45) is 11.7 Å². The Hall–Kier alpha value is -1.63. The SMILES string of the molecule is CC(C)[C@H](N)C(=O)NCC(=O)N(CC(=O)O)C1CCCC1. The summed E-state index contributed by atoms with van der Waals surface area (Å²) in [6, 6.07) is -0.707. The van der Waals surface area contributed by atoms with E-state index >= 15 is 0 Å². The largest absolute Gasteiger partial charge is 0.480 e. The number of carbonyl (C=O) groups excluding carboxylic acids is 2. The molecule has 0 unspecified atom stereocenters. The number of amides is 2. The maximum atomic E-state index is 12.2. The van der Waals surface area contributed by atoms with Gasteiger partial charge in [0.1, 0.15) is 6.54 Å². The highest BCUT2D eigenvalue weighted by Crippen LogP contribution is 2.23. The standard InChI is InChI=1S/C14H25N3O4/c1-9(2)13(15)14(21)16-7-11(18)17(8-12(19)20)10-5-3-4-6-10/h9-10,13H,3-8,15H2,1-2H3,(H,16,21)(H,19,20)/t13-/m0/s1. The molecular weight excluding hydrogens is 274 g/mol. The highest BCUT2D eigenvalue weighted by Gasteiger charge is 2.28. The maximum Gasteiger partial charge on any atom is 0.323 e. The van der Waals surface area contributed by atoms with Gasteiger partial charge in [-0.3, -0.25) is 14.4 Å². The van der Waals surface area contributed by atoms with Crippen LogP contribution in [-0.2, 0) is 14.4 Å². The lowest BCUT2D eigenvalue weighted by Crippen LogP contribution is -2.50. The van der Waals surface area contributed by atoms with Crippen molar-refractivity contribution in [3.8, 4) is 0 Å². The van der Waals surface area contributed by atoms with Crippen molar-refractivity contribution in [2.45, 2.75) is 51.6 Å². The van der Waals surface area contributed by atoms with Gasteiger partial charge in [0, 0.05) is 6.04 Å². The molecule has 0 saturated heterocycles. The van der Waals surface area contributed by atoms with Crippen LogP contribution >= 0.6 is 0 Å². The zero-order valence-electron chi connectivity index (χ0n) is 12.7. The summed E-state index contributed by atoms with van der Waals surface area (Å²) < 4.78 is 0. The number of nitrogens with zero attached hydrogens (tertiary/aromatic N) is 1. The minimum absolute atomic E-state index is 0.0231. The summed E-state index contributed by atoms with van der Waals surface area (Å²) in [5, 5.41) is 11.4. The zero-order valence-corrected chi connectivity index (χ0v) is 12.7. The van der Waals surface area contributed by atoms with Gasteiger partial charge < -0.3 is 21.1 Å². The molecule has 1 aliphatic rings. The van der Waals surface area contributed by atoms with Crippen molar-refractivity contribution in [3.63, 3.8) is 0 Å². The number of rotatable bonds is 7. The van der Waals surface area contributed by atoms with E-state index in [-0.39, 0.29) is 36.9 Å². The highest BCUT2D eigenvalue weighted by atomic mass is 16.4. The predicted molar refractivity (Wildman–Crippen MR) is 77.4 cm³/mol. The molecule has 7 nitrogen and oxygen atoms in total. The van der Waals surface area contributed by atoms with E-state index < -0.39 is 12.0 Å². The van der Waals surface area contributed by atoms with Gasteiger partial charge >= 0.3 is 5.97 Å². The number of carboxylic acid groups (broad SMARTS) is 1. The Kier molecular flexibility index (Phi) is 6.61. The summed E-state index contributed by atoms with van der Waals surface area (Å²) in [7, 11) is 0. The van der Waals surface area contributed by atoms with E-state index in [4.69, 9.17) is 10.8 Å². The molecule has 1 rings (SSSR count). The second-order valence-electron chi connectivity index (χ2n) is 5.84. The molecule has 21 heavy (non-hydrogen) atoms. The van der Waals surface area contributed by atoms with E-state index in [2.05, 4.69) is 5.32 Å². The van der Waals surface area contributed by atoms with Crippen LogP contribution in [0.15, 0.2) is 0 Å². The number of nitrogens with two attached hydrogens (primary N) is 1. The molecule has 120 valence electrons. The van der Waals surface area contributed by atoms with Crippen LogP contribution in [0.3, 0.4) is 0 Å². The molecule has 1 atom stereocenters. The topological polar surface area (TPSA) is 113 Å². The van der Waals surface area contributed by atoms with Crippen molar-refractivity contribution in [3.05, 3.63) is 0 Å². The molecular formula is C14H25N3O4. The molecule has 0 aromatic heterocycles. The second-order valence-corrected chi connectivity index (χ2v) is 5.84. The van der Waals surface area contributed by atoms with Crippen molar-refractivity contribution >= 4 is 17.8 Å². The first kappa shape index (κ1) is 17.4. The first-order valence-electron chi connectivity index (χ1n) is 7.37. The Morgan fingerprint density at radius 2 is 1.86 bits per heavy atom. The zero-order chi connectivity index (χ0) is 16.0. The summed E-state index contributed by atoms with van der Waals surface area (Å²) in [4.78, 5) is 36.2. The number of hydrogen-bond donors (Lipinski definition) is 3. The Balaban J connectivity index is 2.56. The van der Waals surface area contributed by atoms with Crippen molar-refractivity contribution in [1.29, 1.82) is 0 Å². The fourth-order valence-electron chi connectivity index (χ4n) is 2.47. The molecule has 1 fully saturated rings. The van der Waals surface area contributed by atoms with E-state index in [9.17, 15) is 14.4 Å². The number of carbonyl (C=O) groups is 3. The summed E-state index contributed by atoms with van der Waals surface area (Å²) in [6.45, 7) is 3.11. The van der Waals surface area contributed by atoms with Crippen molar-refractivity contribution in [1.82, 2.24) is 10.2 Å². The first-order valence-corrected chi connectivity index (χ1v) is 7.37. The molecule has 1 saturated carbocycles. The summed E-state index contributed by atoms with van der Waals surface area (Å²) in [5.74, 6) is -1.82. The third-order valence-corrected chi connectivity index (χ3v) is 3.83. The van der Waals surface area contributed by atoms with Crippen LogP contribution in [0.5, 0.6) is 0 Å². The summed E-state index contributed by atoms with van der Waals surface area (Å²) >= 11 is 0. The monoisotopic (exact) mass is 299 g/mol. The molecule has 0 spiro atoms. The van der Waals surface area contributed by atoms with Crippen LogP contribution in [0.2, 0.25) is 0 Å². The summed E-state index contributed by atoms with van der Waals surface area (Å²) in [6.07, 6.45) is 3.63. The van der Waals surface area contributed by atoms with E-state index in [1.807, 2.05) is 13.8 Å². The van der Waals surface area contributed by atoms with Gasteiger partial charge in [0.2, 0.25) is 11.8 Å². The van der Waals surface area contributed by atoms with Gasteiger partial charge in [-0.05, 0) is 18.8 Å². The molecule has 0 aromatic rings. The van der Waals surface area contributed by atoms with Crippen LogP contribution in [0.25, 0.3) is 0 Å². The van der Waals surface area contributed by atoms with Gasteiger partial charge in [0.05, 0.1) is 12.6 Å². The fourth-order valence-corrected chi connectivity index (χ4v) is 2.47. The van der Waals surface area contributed by atoms with Crippen molar-refractivity contribution < 1.29 is 19.5 Å². The fraction of sp³-hybridized carbons (Fsp3) is 0.786. The molecule has 1 aliphatic carbocycles.